The van der Waals surface area contributed by atoms with Crippen molar-refractivity contribution in [2.75, 3.05) is 31.1 Å². The second-order valence-corrected chi connectivity index (χ2v) is 8.89. The number of pyridine rings is 1. The zero-order valence-corrected chi connectivity index (χ0v) is 17.4. The minimum atomic E-state index is -4.83. The van der Waals surface area contributed by atoms with Crippen LogP contribution in [0.1, 0.15) is 36.2 Å². The van der Waals surface area contributed by atoms with Crippen LogP contribution in [-0.2, 0) is 4.79 Å². The average molecular weight is 478 g/mol. The van der Waals surface area contributed by atoms with E-state index in [1.807, 2.05) is 0 Å². The molecule has 2 atom stereocenters. The maximum absolute atomic E-state index is 13.8. The Kier molecular flexibility index (Phi) is 5.66. The van der Waals surface area contributed by atoms with Gasteiger partial charge in [0.25, 0.3) is 11.8 Å². The minimum Gasteiger partial charge on any atom is -0.476 e. The van der Waals surface area contributed by atoms with Crippen LogP contribution in [-0.4, -0.2) is 76.8 Å². The van der Waals surface area contributed by atoms with Gasteiger partial charge in [0.1, 0.15) is 17.4 Å². The molecule has 2 aliphatic heterocycles. The van der Waals surface area contributed by atoms with Crippen molar-refractivity contribution in [3.8, 4) is 5.88 Å². The van der Waals surface area contributed by atoms with E-state index >= 15 is 0 Å². The van der Waals surface area contributed by atoms with Crippen LogP contribution in [0, 0.1) is 5.92 Å². The molecule has 1 aromatic heterocycles. The van der Waals surface area contributed by atoms with Gasteiger partial charge in [-0.2, -0.15) is 13.2 Å². The lowest BCUT2D eigenvalue weighted by atomic mass is 10.0. The highest BCUT2D eigenvalue weighted by molar-refractivity contribution is 5.97. The lowest BCUT2D eigenvalue weighted by Gasteiger charge is -2.27. The number of aromatic nitrogens is 1. The lowest BCUT2D eigenvalue weighted by Crippen LogP contribution is -2.47. The van der Waals surface area contributed by atoms with Gasteiger partial charge < -0.3 is 25.4 Å². The number of carbonyl (C=O) groups is 2. The number of carbonyl (C=O) groups excluding carboxylic acids is 2. The predicted octanol–water partition coefficient (Wildman–Crippen LogP) is 1.71. The van der Waals surface area contributed by atoms with E-state index in [1.165, 1.54) is 17.0 Å². The van der Waals surface area contributed by atoms with Crippen LogP contribution in [0.2, 0.25) is 0 Å². The molecule has 0 aromatic carbocycles. The molecule has 1 saturated carbocycles. The Labute approximate surface area is 185 Å². The zero-order valence-electron chi connectivity index (χ0n) is 17.4. The number of nitrogens with two attached hydrogens (primary N) is 1. The number of hydrogen-bond donors (Lipinski definition) is 2. The van der Waals surface area contributed by atoms with Gasteiger partial charge in [0.05, 0.1) is 19.7 Å². The Hall–Kier alpha value is -2.70. The molecule has 2 unspecified atom stereocenters. The van der Waals surface area contributed by atoms with Crippen LogP contribution in [0.4, 0.5) is 27.6 Å². The molecule has 182 valence electrons. The smallest absolute Gasteiger partial charge is 0.418 e. The molecule has 8 nitrogen and oxygen atoms in total. The van der Waals surface area contributed by atoms with E-state index in [-0.39, 0.29) is 36.3 Å². The first-order valence-corrected chi connectivity index (χ1v) is 10.5. The monoisotopic (exact) mass is 478 g/mol. The zero-order chi connectivity index (χ0) is 24.2. The molecular weight excluding hydrogens is 455 g/mol. The summed E-state index contributed by atoms with van der Waals surface area (Å²) >= 11 is 0. The first-order valence-electron chi connectivity index (χ1n) is 10.5. The van der Waals surface area contributed by atoms with Crippen molar-refractivity contribution < 1.29 is 41.4 Å². The summed E-state index contributed by atoms with van der Waals surface area (Å²) in [6.45, 7) is -1.66. The van der Waals surface area contributed by atoms with E-state index in [2.05, 4.69) is 4.98 Å². The number of β-amino-alcohol motifs (C(OH)–C–C–N with tert-alkyl or cyclic N) is 1. The Balaban J connectivity index is 1.61. The largest absolute Gasteiger partial charge is 0.476 e. The van der Waals surface area contributed by atoms with Gasteiger partial charge >= 0.3 is 6.18 Å². The number of hydrogen-bond acceptors (Lipinski definition) is 6. The number of alkyl halides is 5. The quantitative estimate of drug-likeness (QED) is 0.603. The number of amides is 2. The number of aliphatic hydroxyl groups is 1. The molecule has 2 amide bonds. The van der Waals surface area contributed by atoms with Crippen LogP contribution in [0.15, 0.2) is 12.1 Å². The SMILES string of the molecule is NC(=O)C1CC(F)(F)CN1C(=O)c1ccc(N2CCC(O)(C(F)(F)F)C2)c(OCC2CC2)n1. The summed E-state index contributed by atoms with van der Waals surface area (Å²) in [6, 6.07) is 0.962. The molecule has 3 fully saturated rings. The van der Waals surface area contributed by atoms with E-state index in [4.69, 9.17) is 10.5 Å². The van der Waals surface area contributed by atoms with Gasteiger partial charge in [-0.25, -0.2) is 13.8 Å². The van der Waals surface area contributed by atoms with Crippen molar-refractivity contribution in [3.63, 3.8) is 0 Å². The van der Waals surface area contributed by atoms with Crippen molar-refractivity contribution in [2.24, 2.45) is 11.7 Å². The van der Waals surface area contributed by atoms with Crippen molar-refractivity contribution >= 4 is 17.5 Å². The van der Waals surface area contributed by atoms with Crippen LogP contribution in [0.3, 0.4) is 0 Å². The molecule has 0 radical (unpaired) electrons. The van der Waals surface area contributed by atoms with Gasteiger partial charge in [0.2, 0.25) is 11.8 Å². The molecule has 4 rings (SSSR count). The molecule has 13 heteroatoms. The summed E-state index contributed by atoms with van der Waals surface area (Å²) in [4.78, 5) is 30.5. The topological polar surface area (TPSA) is 109 Å². The molecular formula is C20H23F5N4O4. The van der Waals surface area contributed by atoms with Gasteiger partial charge in [0.15, 0.2) is 5.60 Å². The standard InChI is InChI=1S/C20H23F5N4O4/c21-19(22)7-14(15(26)30)29(10-19)17(31)12-3-4-13(16(27-12)33-8-11-1-2-11)28-6-5-18(32,9-28)20(23,24)25/h3-4,11,14,32H,1-2,5-10H2,(H2,26,30). The summed E-state index contributed by atoms with van der Waals surface area (Å²) in [5, 5.41) is 9.99. The maximum atomic E-state index is 13.8. The molecule has 2 saturated heterocycles. The van der Waals surface area contributed by atoms with Gasteiger partial charge in [0, 0.05) is 19.4 Å². The van der Waals surface area contributed by atoms with Crippen LogP contribution >= 0.6 is 0 Å². The summed E-state index contributed by atoms with van der Waals surface area (Å²) < 4.78 is 73.1. The summed E-state index contributed by atoms with van der Waals surface area (Å²) in [6.07, 6.45) is -4.46. The van der Waals surface area contributed by atoms with E-state index in [0.717, 1.165) is 12.8 Å². The van der Waals surface area contributed by atoms with Crippen molar-refractivity contribution in [1.29, 1.82) is 0 Å². The van der Waals surface area contributed by atoms with Crippen LogP contribution < -0.4 is 15.4 Å². The molecule has 3 heterocycles. The lowest BCUT2D eigenvalue weighted by molar-refractivity contribution is -0.250. The van der Waals surface area contributed by atoms with Crippen molar-refractivity contribution in [3.05, 3.63) is 17.8 Å². The van der Waals surface area contributed by atoms with Gasteiger partial charge in [-0.05, 0) is 30.9 Å². The highest BCUT2D eigenvalue weighted by Crippen LogP contribution is 2.42. The Morgan fingerprint density at radius 2 is 1.94 bits per heavy atom. The number of ether oxygens (including phenoxy) is 1. The normalized spacial score (nSPS) is 27.2. The second-order valence-electron chi connectivity index (χ2n) is 8.89. The van der Waals surface area contributed by atoms with Crippen LogP contribution in [0.25, 0.3) is 0 Å². The summed E-state index contributed by atoms with van der Waals surface area (Å²) in [7, 11) is 0. The molecule has 0 bridgehead atoms. The number of likely N-dealkylation sites (tertiary alicyclic amines) is 1. The Morgan fingerprint density at radius 3 is 2.52 bits per heavy atom. The van der Waals surface area contributed by atoms with Gasteiger partial charge in [-0.1, -0.05) is 0 Å². The Morgan fingerprint density at radius 1 is 1.24 bits per heavy atom. The van der Waals surface area contributed by atoms with E-state index in [0.29, 0.717) is 4.90 Å². The highest BCUT2D eigenvalue weighted by atomic mass is 19.4. The average Bonchev–Trinajstić information content (AvgIpc) is 3.37. The number of primary amides is 1. The molecule has 33 heavy (non-hydrogen) atoms. The van der Waals surface area contributed by atoms with Crippen molar-refractivity contribution in [2.45, 2.75) is 49.4 Å². The maximum Gasteiger partial charge on any atom is 0.418 e. The summed E-state index contributed by atoms with van der Waals surface area (Å²) in [5.41, 5.74) is 2.12. The van der Waals surface area contributed by atoms with Gasteiger partial charge in [-0.3, -0.25) is 9.59 Å². The molecule has 3 aliphatic rings. The highest BCUT2D eigenvalue weighted by Gasteiger charge is 2.57. The molecule has 3 N–H and O–H groups in total. The van der Waals surface area contributed by atoms with Crippen LogP contribution in [0.5, 0.6) is 5.88 Å². The number of halogens is 5. The number of rotatable bonds is 6. The fraction of sp³-hybridized carbons (Fsp3) is 0.650. The Bertz CT molecular complexity index is 955. The predicted molar refractivity (Wildman–Crippen MR) is 104 cm³/mol. The molecule has 1 aromatic rings. The number of anilines is 1. The van der Waals surface area contributed by atoms with E-state index in [9.17, 15) is 36.6 Å². The third-order valence-corrected chi connectivity index (χ3v) is 6.19. The second kappa shape index (κ2) is 7.96. The first-order chi connectivity index (χ1) is 15.3. The van der Waals surface area contributed by atoms with Gasteiger partial charge in [-0.15, -0.1) is 0 Å². The first kappa shape index (κ1) is 23.5. The summed E-state index contributed by atoms with van der Waals surface area (Å²) in [5.74, 6) is -5.22. The fourth-order valence-corrected chi connectivity index (χ4v) is 4.04. The third-order valence-electron chi connectivity index (χ3n) is 6.19. The van der Waals surface area contributed by atoms with E-state index in [1.54, 1.807) is 0 Å². The van der Waals surface area contributed by atoms with Crippen molar-refractivity contribution in [1.82, 2.24) is 9.88 Å². The third kappa shape index (κ3) is 4.68. The molecule has 1 aliphatic carbocycles. The fourth-order valence-electron chi connectivity index (χ4n) is 4.04. The minimum absolute atomic E-state index is 0.132. The van der Waals surface area contributed by atoms with E-state index < -0.39 is 61.5 Å². The molecule has 0 spiro atoms. The number of nitrogens with zero attached hydrogens (tertiary/aromatic N) is 3.